The van der Waals surface area contributed by atoms with E-state index in [0.29, 0.717) is 0 Å². The van der Waals surface area contributed by atoms with E-state index in [1.54, 1.807) is 0 Å². The molecule has 12 heavy (non-hydrogen) atoms. The topological polar surface area (TPSA) is 3.24 Å². The molecule has 0 aliphatic rings. The molecule has 0 N–H and O–H groups in total. The van der Waals surface area contributed by atoms with Crippen LogP contribution < -0.4 is 10.4 Å². The van der Waals surface area contributed by atoms with Crippen LogP contribution in [0.3, 0.4) is 0 Å². The lowest BCUT2D eigenvalue weighted by Crippen LogP contribution is -2.22. The molecule has 2 radical (unpaired) electrons. The van der Waals surface area contributed by atoms with E-state index in [1.165, 1.54) is 5.69 Å². The largest absolute Gasteiger partial charge is 0.372 e. The van der Waals surface area contributed by atoms with Gasteiger partial charge in [0.25, 0.3) is 0 Å². The summed E-state index contributed by atoms with van der Waals surface area (Å²) >= 11 is 0. The van der Waals surface area contributed by atoms with Crippen LogP contribution in [0, 0.1) is 0 Å². The summed E-state index contributed by atoms with van der Waals surface area (Å²) in [7, 11) is 5.59. The van der Waals surface area contributed by atoms with Crippen molar-refractivity contribution in [1.29, 1.82) is 0 Å². The lowest BCUT2D eigenvalue weighted by Gasteiger charge is -2.20. The number of anilines is 1. The van der Waals surface area contributed by atoms with Crippen LogP contribution in [0.2, 0.25) is 0 Å². The zero-order chi connectivity index (χ0) is 8.97. The third-order valence-electron chi connectivity index (χ3n) is 2.02. The molecule has 1 aromatic carbocycles. The highest BCUT2D eigenvalue weighted by Gasteiger charge is 1.98. The predicted octanol–water partition coefficient (Wildman–Crippen LogP) is 1.33. The van der Waals surface area contributed by atoms with E-state index in [1.807, 2.05) is 12.1 Å². The van der Waals surface area contributed by atoms with E-state index in [0.717, 1.165) is 18.6 Å². The minimum atomic E-state index is 0.825. The number of hydrogen-bond donors (Lipinski definition) is 0. The lowest BCUT2D eigenvalue weighted by molar-refractivity contribution is 0.866. The van der Waals surface area contributed by atoms with Gasteiger partial charge in [0, 0.05) is 18.8 Å². The van der Waals surface area contributed by atoms with Crippen molar-refractivity contribution in [3.8, 4) is 0 Å². The quantitative estimate of drug-likeness (QED) is 0.601. The highest BCUT2D eigenvalue weighted by Crippen LogP contribution is 2.10. The molecule has 0 bridgehead atoms. The number of rotatable bonds is 3. The molecule has 0 atom stereocenters. The molecule has 0 saturated carbocycles. The van der Waals surface area contributed by atoms with Crippen LogP contribution in [0.5, 0.6) is 0 Å². The molecule has 0 unspecified atom stereocenters. The molecule has 1 rings (SSSR count). The van der Waals surface area contributed by atoms with E-state index in [-0.39, 0.29) is 0 Å². The van der Waals surface area contributed by atoms with Gasteiger partial charge in [0.1, 0.15) is 7.85 Å². The van der Waals surface area contributed by atoms with E-state index >= 15 is 0 Å². The summed E-state index contributed by atoms with van der Waals surface area (Å²) < 4.78 is 0. The predicted molar refractivity (Wildman–Crippen MR) is 55.4 cm³/mol. The average Bonchev–Trinajstić information content (AvgIpc) is 2.10. The fraction of sp³-hybridized carbons (Fsp3) is 0.400. The van der Waals surface area contributed by atoms with Gasteiger partial charge in [0.15, 0.2) is 0 Å². The molecule has 1 nitrogen and oxygen atoms in total. The van der Waals surface area contributed by atoms with Gasteiger partial charge in [0.05, 0.1) is 0 Å². The molecule has 0 aliphatic heterocycles. The maximum Gasteiger partial charge on any atom is 0.113 e. The van der Waals surface area contributed by atoms with Crippen molar-refractivity contribution >= 4 is 19.0 Å². The zero-order valence-electron chi connectivity index (χ0n) is 7.75. The van der Waals surface area contributed by atoms with Gasteiger partial charge in [-0.25, -0.2) is 0 Å². The Balaban J connectivity index is 2.80. The summed E-state index contributed by atoms with van der Waals surface area (Å²) in [6.45, 7) is 6.39. The molecule has 0 fully saturated rings. The van der Waals surface area contributed by atoms with Crippen LogP contribution in [0.15, 0.2) is 24.3 Å². The molecule has 0 aliphatic carbocycles. The molecule has 0 saturated heterocycles. The van der Waals surface area contributed by atoms with E-state index < -0.39 is 0 Å². The van der Waals surface area contributed by atoms with Crippen molar-refractivity contribution in [1.82, 2.24) is 0 Å². The average molecular weight is 159 g/mol. The Morgan fingerprint density at radius 3 is 2.00 bits per heavy atom. The second-order valence-electron chi connectivity index (χ2n) is 2.76. The van der Waals surface area contributed by atoms with Crippen molar-refractivity contribution < 1.29 is 0 Å². The van der Waals surface area contributed by atoms with E-state index in [9.17, 15) is 0 Å². The van der Waals surface area contributed by atoms with Crippen molar-refractivity contribution in [3.63, 3.8) is 0 Å². The molecular formula is C10H14BN. The summed E-state index contributed by atoms with van der Waals surface area (Å²) in [5.41, 5.74) is 2.07. The Labute approximate surface area is 75.8 Å². The maximum atomic E-state index is 5.59. The molecule has 1 aromatic rings. The normalized spacial score (nSPS) is 9.83. The molecule has 0 spiro atoms. The lowest BCUT2D eigenvalue weighted by atomic mass is 9.96. The molecule has 0 amide bonds. The number of benzene rings is 1. The van der Waals surface area contributed by atoms with E-state index in [4.69, 9.17) is 7.85 Å². The first-order valence-corrected chi connectivity index (χ1v) is 4.38. The van der Waals surface area contributed by atoms with Gasteiger partial charge in [-0.15, -0.1) is 0 Å². The minimum Gasteiger partial charge on any atom is -0.372 e. The van der Waals surface area contributed by atoms with Crippen molar-refractivity contribution in [2.24, 2.45) is 0 Å². The first-order valence-electron chi connectivity index (χ1n) is 4.38. The SMILES string of the molecule is [B]c1ccc(N(CC)CC)cc1. The third-order valence-corrected chi connectivity index (χ3v) is 2.02. The Bertz CT molecular complexity index is 226. The summed E-state index contributed by atoms with van der Waals surface area (Å²) in [6, 6.07) is 7.99. The van der Waals surface area contributed by atoms with Gasteiger partial charge < -0.3 is 4.90 Å². The van der Waals surface area contributed by atoms with Crippen molar-refractivity contribution in [2.45, 2.75) is 13.8 Å². The van der Waals surface area contributed by atoms with Crippen LogP contribution in [-0.2, 0) is 0 Å². The summed E-state index contributed by atoms with van der Waals surface area (Å²) in [6.07, 6.45) is 0. The fourth-order valence-electron chi connectivity index (χ4n) is 1.27. The van der Waals surface area contributed by atoms with Gasteiger partial charge in [-0.1, -0.05) is 17.6 Å². The standard InChI is InChI=1S/C10H14BN/c1-3-12(4-2)10-7-5-9(11)6-8-10/h5-8H,3-4H2,1-2H3. The van der Waals surface area contributed by atoms with Gasteiger partial charge in [-0.2, -0.15) is 0 Å². The van der Waals surface area contributed by atoms with Gasteiger partial charge >= 0.3 is 0 Å². The van der Waals surface area contributed by atoms with Gasteiger partial charge in [-0.3, -0.25) is 0 Å². The molecule has 0 aromatic heterocycles. The van der Waals surface area contributed by atoms with Crippen LogP contribution in [0.4, 0.5) is 5.69 Å². The fourth-order valence-corrected chi connectivity index (χ4v) is 1.27. The smallest absolute Gasteiger partial charge is 0.113 e. The summed E-state index contributed by atoms with van der Waals surface area (Å²) in [4.78, 5) is 2.29. The monoisotopic (exact) mass is 159 g/mol. The number of hydrogen-bond acceptors (Lipinski definition) is 1. The second-order valence-corrected chi connectivity index (χ2v) is 2.76. The molecule has 2 heteroatoms. The Kier molecular flexibility index (Phi) is 3.21. The number of nitrogens with zero attached hydrogens (tertiary/aromatic N) is 1. The van der Waals surface area contributed by atoms with Crippen LogP contribution in [0.25, 0.3) is 0 Å². The third kappa shape index (κ3) is 2.03. The minimum absolute atomic E-state index is 0.825. The Hall–Kier alpha value is -0.915. The summed E-state index contributed by atoms with van der Waals surface area (Å²) in [5, 5.41) is 0. The maximum absolute atomic E-state index is 5.59. The first kappa shape index (κ1) is 9.18. The van der Waals surface area contributed by atoms with Crippen LogP contribution in [0.1, 0.15) is 13.8 Å². The highest BCUT2D eigenvalue weighted by atomic mass is 15.1. The molecular weight excluding hydrogens is 145 g/mol. The van der Waals surface area contributed by atoms with Crippen LogP contribution in [-0.4, -0.2) is 20.9 Å². The Morgan fingerprint density at radius 1 is 1.08 bits per heavy atom. The van der Waals surface area contributed by atoms with Gasteiger partial charge in [-0.05, 0) is 26.0 Å². The van der Waals surface area contributed by atoms with E-state index in [2.05, 4.69) is 30.9 Å². The first-order chi connectivity index (χ1) is 5.77. The van der Waals surface area contributed by atoms with Crippen molar-refractivity contribution in [3.05, 3.63) is 24.3 Å². The highest BCUT2D eigenvalue weighted by molar-refractivity contribution is 6.32. The second kappa shape index (κ2) is 4.20. The Morgan fingerprint density at radius 2 is 1.58 bits per heavy atom. The molecule has 0 heterocycles. The van der Waals surface area contributed by atoms with Gasteiger partial charge in [0.2, 0.25) is 0 Å². The summed E-state index contributed by atoms with van der Waals surface area (Å²) in [5.74, 6) is 0. The molecule has 62 valence electrons. The zero-order valence-corrected chi connectivity index (χ0v) is 7.75. The van der Waals surface area contributed by atoms with Crippen molar-refractivity contribution in [2.75, 3.05) is 18.0 Å². The van der Waals surface area contributed by atoms with Crippen LogP contribution >= 0.6 is 0 Å².